The van der Waals surface area contributed by atoms with Gasteiger partial charge < -0.3 is 53.6 Å². The van der Waals surface area contributed by atoms with E-state index in [1.54, 1.807) is 6.92 Å². The first kappa shape index (κ1) is 38.0. The van der Waals surface area contributed by atoms with Gasteiger partial charge in [-0.2, -0.15) is 0 Å². The van der Waals surface area contributed by atoms with Crippen LogP contribution in [0.25, 0.3) is 0 Å². The van der Waals surface area contributed by atoms with Gasteiger partial charge in [0, 0.05) is 20.3 Å². The summed E-state index contributed by atoms with van der Waals surface area (Å²) >= 11 is 0. The molecule has 0 amide bonds. The summed E-state index contributed by atoms with van der Waals surface area (Å²) in [6.45, 7) is 3.32. The Morgan fingerprint density at radius 1 is 0.717 bits per heavy atom. The van der Waals surface area contributed by atoms with Crippen molar-refractivity contribution in [2.75, 3.05) is 13.2 Å². The average molecular weight is 659 g/mol. The van der Waals surface area contributed by atoms with Crippen molar-refractivity contribution in [2.24, 2.45) is 0 Å². The van der Waals surface area contributed by atoms with Crippen LogP contribution in [0, 0.1) is 0 Å². The van der Waals surface area contributed by atoms with Gasteiger partial charge >= 0.3 is 17.9 Å². The molecule has 0 radical (unpaired) electrons. The predicted octanol–water partition coefficient (Wildman–Crippen LogP) is 1.35. The van der Waals surface area contributed by atoms with Crippen LogP contribution in [0.4, 0.5) is 0 Å². The summed E-state index contributed by atoms with van der Waals surface area (Å²) in [5.41, 5.74) is 0. The van der Waals surface area contributed by atoms with Gasteiger partial charge in [0.1, 0.15) is 55.9 Å². The molecule has 11 unspecified atom stereocenters. The molecule has 2 bridgehead atoms. The van der Waals surface area contributed by atoms with Gasteiger partial charge in [0.25, 0.3) is 0 Å². The van der Waals surface area contributed by atoms with Gasteiger partial charge in [-0.1, -0.05) is 43.6 Å². The summed E-state index contributed by atoms with van der Waals surface area (Å²) in [5, 5.41) is 44.0. The van der Waals surface area contributed by atoms with E-state index in [0.29, 0.717) is 12.8 Å². The summed E-state index contributed by atoms with van der Waals surface area (Å²) in [4.78, 5) is 35.7. The highest BCUT2D eigenvalue weighted by Gasteiger charge is 2.52. The molecule has 0 saturated carbocycles. The van der Waals surface area contributed by atoms with Crippen LogP contribution < -0.4 is 0 Å². The van der Waals surface area contributed by atoms with Gasteiger partial charge in [0.15, 0.2) is 18.7 Å². The molecule has 0 spiro atoms. The highest BCUT2D eigenvalue weighted by atomic mass is 16.8. The van der Waals surface area contributed by atoms with Crippen LogP contribution in [0.2, 0.25) is 0 Å². The summed E-state index contributed by atoms with van der Waals surface area (Å²) in [6.07, 6.45) is -0.763. The van der Waals surface area contributed by atoms with Gasteiger partial charge in [-0.15, -0.1) is 0 Å². The van der Waals surface area contributed by atoms with Crippen LogP contribution in [-0.2, 0) is 47.5 Å². The van der Waals surface area contributed by atoms with Crippen molar-refractivity contribution in [2.45, 2.75) is 146 Å². The Morgan fingerprint density at radius 2 is 1.33 bits per heavy atom. The first-order chi connectivity index (χ1) is 22.0. The molecule has 4 rings (SSSR count). The van der Waals surface area contributed by atoms with Crippen molar-refractivity contribution < 1.29 is 68.0 Å². The molecule has 0 aliphatic carbocycles. The molecule has 4 N–H and O–H groups in total. The van der Waals surface area contributed by atoms with E-state index in [9.17, 15) is 34.8 Å². The van der Waals surface area contributed by atoms with E-state index in [4.69, 9.17) is 33.2 Å². The summed E-state index contributed by atoms with van der Waals surface area (Å²) in [6, 6.07) is 0. The SMILES string of the molecule is CC(=O)OCC1OC2OC(C)CC=CCC=CCCCCCCCC(=O)OC3C(COC(C)=O)OC(OC2C(O)C1O)C(O)C3O. The molecule has 2 saturated heterocycles. The molecule has 2 fully saturated rings. The van der Waals surface area contributed by atoms with E-state index in [0.717, 1.165) is 38.5 Å². The molecule has 46 heavy (non-hydrogen) atoms. The van der Waals surface area contributed by atoms with Crippen molar-refractivity contribution in [3.05, 3.63) is 24.3 Å². The Kier molecular flexibility index (Phi) is 16.0. The zero-order valence-corrected chi connectivity index (χ0v) is 26.8. The zero-order chi connectivity index (χ0) is 33.6. The topological polar surface area (TPSA) is 197 Å². The molecule has 14 nitrogen and oxygen atoms in total. The summed E-state index contributed by atoms with van der Waals surface area (Å²) < 4.78 is 39.3. The highest BCUT2D eigenvalue weighted by molar-refractivity contribution is 5.69. The molecule has 0 aromatic heterocycles. The van der Waals surface area contributed by atoms with E-state index in [1.807, 2.05) is 12.2 Å². The minimum absolute atomic E-state index is 0.0843. The lowest BCUT2D eigenvalue weighted by molar-refractivity contribution is -0.371. The Hall–Kier alpha value is -2.43. The van der Waals surface area contributed by atoms with Crippen molar-refractivity contribution in [1.82, 2.24) is 0 Å². The number of hydrogen-bond donors (Lipinski definition) is 4. The molecule has 14 heteroatoms. The number of aliphatic hydroxyl groups excluding tert-OH is 4. The van der Waals surface area contributed by atoms with Gasteiger partial charge in [0.2, 0.25) is 0 Å². The normalized spacial score (nSPS) is 37.4. The molecule has 11 atom stereocenters. The third-order valence-corrected chi connectivity index (χ3v) is 7.94. The van der Waals surface area contributed by atoms with Crippen LogP contribution >= 0.6 is 0 Å². The molecular weight excluding hydrogens is 608 g/mol. The average Bonchev–Trinajstić information content (AvgIpc) is 3.00. The number of allylic oxidation sites excluding steroid dienone is 3. The number of carbonyl (C=O) groups is 3. The number of rotatable bonds is 4. The Labute approximate surface area is 269 Å². The van der Waals surface area contributed by atoms with E-state index in [1.165, 1.54) is 13.8 Å². The van der Waals surface area contributed by atoms with Gasteiger partial charge in [-0.3, -0.25) is 14.4 Å². The maximum absolute atomic E-state index is 12.7. The van der Waals surface area contributed by atoms with E-state index >= 15 is 0 Å². The van der Waals surface area contributed by atoms with Crippen LogP contribution in [-0.4, -0.2) is 119 Å². The summed E-state index contributed by atoms with van der Waals surface area (Å²) in [5.74, 6) is -1.89. The Morgan fingerprint density at radius 3 is 2.04 bits per heavy atom. The van der Waals surface area contributed by atoms with E-state index < -0.39 is 92.0 Å². The van der Waals surface area contributed by atoms with Gasteiger partial charge in [0.05, 0.1) is 6.10 Å². The van der Waals surface area contributed by atoms with Crippen LogP contribution in [0.3, 0.4) is 0 Å². The third-order valence-electron chi connectivity index (χ3n) is 7.94. The number of aliphatic hydroxyl groups is 4. The maximum Gasteiger partial charge on any atom is 0.306 e. The monoisotopic (exact) mass is 658 g/mol. The largest absolute Gasteiger partial charge is 0.463 e. The van der Waals surface area contributed by atoms with Crippen molar-refractivity contribution in [1.29, 1.82) is 0 Å². The quantitative estimate of drug-likeness (QED) is 0.192. The first-order valence-electron chi connectivity index (χ1n) is 16.1. The highest BCUT2D eigenvalue weighted by Crippen LogP contribution is 2.32. The second-order valence-corrected chi connectivity index (χ2v) is 11.9. The number of fused-ring (bicyclic) bond motifs is 16. The Balaban J connectivity index is 1.86. The smallest absolute Gasteiger partial charge is 0.306 e. The lowest BCUT2D eigenvalue weighted by atomic mass is 9.97. The molecule has 4 aliphatic heterocycles. The van der Waals surface area contributed by atoms with Crippen molar-refractivity contribution >= 4 is 17.9 Å². The molecule has 0 aromatic carbocycles. The van der Waals surface area contributed by atoms with Gasteiger partial charge in [-0.05, 0) is 39.0 Å². The van der Waals surface area contributed by atoms with Crippen LogP contribution in [0.1, 0.15) is 78.6 Å². The molecule has 4 heterocycles. The fourth-order valence-electron chi connectivity index (χ4n) is 5.38. The third kappa shape index (κ3) is 12.0. The van der Waals surface area contributed by atoms with Crippen molar-refractivity contribution in [3.8, 4) is 0 Å². The lowest BCUT2D eigenvalue weighted by Crippen LogP contribution is -2.65. The standard InChI is InChI=1S/C32H50O14/c1-19-15-13-11-9-7-5-4-6-8-10-12-14-16-24(35)45-29-23(18-41-21(3)34)44-31(28(39)27(29)38)46-30-26(37)25(36)22(17-40-20(2)33)43-32(30)42-19/h5,7,11,13,19,22-23,25-32,36-39H,4,6,8-10,12,14-18H2,1-3H3. The molecular formula is C32H50O14. The van der Waals surface area contributed by atoms with Crippen molar-refractivity contribution in [3.63, 3.8) is 0 Å². The predicted molar refractivity (Wildman–Crippen MR) is 160 cm³/mol. The summed E-state index contributed by atoms with van der Waals surface area (Å²) in [7, 11) is 0. The lowest BCUT2D eigenvalue weighted by Gasteiger charge is -2.47. The first-order valence-corrected chi connectivity index (χ1v) is 16.1. The number of ether oxygens (including phenoxy) is 7. The second kappa shape index (κ2) is 19.4. The number of esters is 3. The maximum atomic E-state index is 12.7. The minimum Gasteiger partial charge on any atom is -0.463 e. The minimum atomic E-state index is -1.80. The second-order valence-electron chi connectivity index (χ2n) is 11.9. The van der Waals surface area contributed by atoms with Gasteiger partial charge in [-0.25, -0.2) is 0 Å². The van der Waals surface area contributed by atoms with E-state index in [2.05, 4.69) is 12.2 Å². The molecule has 0 aromatic rings. The zero-order valence-electron chi connectivity index (χ0n) is 26.8. The molecule has 262 valence electrons. The Bertz CT molecular complexity index is 1020. The fourth-order valence-corrected chi connectivity index (χ4v) is 5.38. The fraction of sp³-hybridized carbons (Fsp3) is 0.781. The molecule has 4 aliphatic rings. The van der Waals surface area contributed by atoms with E-state index in [-0.39, 0.29) is 13.0 Å². The number of hydrogen-bond acceptors (Lipinski definition) is 14. The van der Waals surface area contributed by atoms with Crippen LogP contribution in [0.5, 0.6) is 0 Å². The number of carbonyl (C=O) groups excluding carboxylic acids is 3. The van der Waals surface area contributed by atoms with Crippen LogP contribution in [0.15, 0.2) is 24.3 Å².